The van der Waals surface area contributed by atoms with Crippen molar-refractivity contribution in [2.24, 2.45) is 0 Å². The van der Waals surface area contributed by atoms with Gasteiger partial charge in [-0.15, -0.1) is 0 Å². The number of aromatic nitrogens is 1. The fourth-order valence-electron chi connectivity index (χ4n) is 2.87. The summed E-state index contributed by atoms with van der Waals surface area (Å²) < 4.78 is 0. The van der Waals surface area contributed by atoms with Gasteiger partial charge in [-0.05, 0) is 30.9 Å². The van der Waals surface area contributed by atoms with Crippen LogP contribution in [-0.2, 0) is 6.54 Å². The van der Waals surface area contributed by atoms with Crippen molar-refractivity contribution >= 4 is 28.4 Å². The lowest BCUT2D eigenvalue weighted by Gasteiger charge is -2.27. The molecule has 1 N–H and O–H groups in total. The molecule has 1 aromatic heterocycles. The van der Waals surface area contributed by atoms with E-state index in [1.54, 1.807) is 0 Å². The fourth-order valence-corrected chi connectivity index (χ4v) is 4.14. The van der Waals surface area contributed by atoms with Crippen LogP contribution < -0.4 is 10.2 Å². The van der Waals surface area contributed by atoms with Crippen molar-refractivity contribution in [1.29, 1.82) is 0 Å². The zero-order chi connectivity index (χ0) is 14.7. The van der Waals surface area contributed by atoms with Crippen molar-refractivity contribution in [3.05, 3.63) is 36.0 Å². The molecule has 0 aliphatic carbocycles. The first kappa shape index (κ1) is 14.7. The van der Waals surface area contributed by atoms with Crippen molar-refractivity contribution < 1.29 is 0 Å². The van der Waals surface area contributed by atoms with Crippen molar-refractivity contribution in [2.75, 3.05) is 30.0 Å². The number of para-hydroxylation sites is 1. The number of hydrogen-bond acceptors (Lipinski definition) is 4. The van der Waals surface area contributed by atoms with Gasteiger partial charge in [-0.3, -0.25) is 4.98 Å². The molecule has 0 radical (unpaired) electrons. The van der Waals surface area contributed by atoms with E-state index in [0.717, 1.165) is 24.3 Å². The van der Waals surface area contributed by atoms with Gasteiger partial charge in [0.2, 0.25) is 0 Å². The smallest absolute Gasteiger partial charge is 0.0726 e. The molecule has 1 aliphatic rings. The van der Waals surface area contributed by atoms with E-state index < -0.39 is 0 Å². The highest BCUT2D eigenvalue weighted by Gasteiger charge is 2.22. The minimum atomic E-state index is 0.646. The maximum atomic E-state index is 4.79. The lowest BCUT2D eigenvalue weighted by atomic mass is 10.1. The molecule has 1 aliphatic heterocycles. The van der Waals surface area contributed by atoms with E-state index in [1.807, 2.05) is 0 Å². The molecule has 2 heterocycles. The summed E-state index contributed by atoms with van der Waals surface area (Å²) in [6.07, 6.45) is 1.28. The second-order valence-electron chi connectivity index (χ2n) is 5.56. The van der Waals surface area contributed by atoms with Crippen LogP contribution in [-0.4, -0.2) is 36.1 Å². The van der Waals surface area contributed by atoms with Crippen LogP contribution in [0.25, 0.3) is 10.9 Å². The largest absolute Gasteiger partial charge is 0.370 e. The maximum Gasteiger partial charge on any atom is 0.0726 e. The van der Waals surface area contributed by atoms with Gasteiger partial charge in [-0.1, -0.05) is 25.1 Å². The number of hydrogen-bond donors (Lipinski definition) is 1. The Balaban J connectivity index is 2.01. The predicted molar refractivity (Wildman–Crippen MR) is 93.3 cm³/mol. The molecule has 1 atom stereocenters. The topological polar surface area (TPSA) is 28.2 Å². The van der Waals surface area contributed by atoms with E-state index >= 15 is 0 Å². The Labute approximate surface area is 131 Å². The number of anilines is 1. The van der Waals surface area contributed by atoms with Gasteiger partial charge in [0, 0.05) is 36.5 Å². The Morgan fingerprint density at radius 3 is 3.00 bits per heavy atom. The summed E-state index contributed by atoms with van der Waals surface area (Å²) in [5, 5.41) is 4.64. The van der Waals surface area contributed by atoms with Crippen molar-refractivity contribution in [3.63, 3.8) is 0 Å². The molecular weight excluding hydrogens is 278 g/mol. The first-order valence-electron chi connectivity index (χ1n) is 7.69. The molecule has 3 nitrogen and oxygen atoms in total. The SMILES string of the molecule is CCNCc1cc(N(C)C2CCSC2)c2ccccc2n1. The molecule has 0 amide bonds. The summed E-state index contributed by atoms with van der Waals surface area (Å²) in [5.41, 5.74) is 3.55. The zero-order valence-corrected chi connectivity index (χ0v) is 13.6. The molecule has 1 fully saturated rings. The summed E-state index contributed by atoms with van der Waals surface area (Å²) in [7, 11) is 2.23. The van der Waals surface area contributed by atoms with Gasteiger partial charge < -0.3 is 10.2 Å². The van der Waals surface area contributed by atoms with Gasteiger partial charge in [-0.25, -0.2) is 0 Å². The van der Waals surface area contributed by atoms with Crippen LogP contribution in [0.15, 0.2) is 30.3 Å². The average molecular weight is 301 g/mol. The number of pyridine rings is 1. The molecule has 0 bridgehead atoms. The standard InChI is InChI=1S/C17H23N3S/c1-3-18-11-13-10-17(20(2)14-8-9-21-12-14)15-6-4-5-7-16(15)19-13/h4-7,10,14,18H,3,8-9,11-12H2,1-2H3. The molecule has 1 unspecified atom stereocenters. The Morgan fingerprint density at radius 2 is 2.24 bits per heavy atom. The number of nitrogens with one attached hydrogen (secondary N) is 1. The highest BCUT2D eigenvalue weighted by molar-refractivity contribution is 7.99. The van der Waals surface area contributed by atoms with Crippen LogP contribution >= 0.6 is 11.8 Å². The molecule has 1 aromatic carbocycles. The first-order valence-corrected chi connectivity index (χ1v) is 8.85. The third kappa shape index (κ3) is 3.16. The molecule has 1 saturated heterocycles. The Bertz CT molecular complexity index is 608. The number of benzene rings is 1. The first-order chi connectivity index (χ1) is 10.3. The van der Waals surface area contributed by atoms with Gasteiger partial charge in [0.15, 0.2) is 0 Å². The van der Waals surface area contributed by atoms with Gasteiger partial charge in [0.25, 0.3) is 0 Å². The van der Waals surface area contributed by atoms with Crippen molar-refractivity contribution in [2.45, 2.75) is 25.9 Å². The number of fused-ring (bicyclic) bond motifs is 1. The normalized spacial score (nSPS) is 18.3. The minimum Gasteiger partial charge on any atom is -0.370 e. The summed E-state index contributed by atoms with van der Waals surface area (Å²) in [6, 6.07) is 11.4. The molecular formula is C17H23N3S. The lowest BCUT2D eigenvalue weighted by Crippen LogP contribution is -2.31. The molecule has 4 heteroatoms. The predicted octanol–water partition coefficient (Wildman–Crippen LogP) is 3.29. The van der Waals surface area contributed by atoms with Crippen LogP contribution in [0, 0.1) is 0 Å². The highest BCUT2D eigenvalue weighted by Crippen LogP contribution is 2.31. The lowest BCUT2D eigenvalue weighted by molar-refractivity contribution is 0.695. The molecule has 112 valence electrons. The van der Waals surface area contributed by atoms with E-state index in [9.17, 15) is 0 Å². The Kier molecular flexibility index (Phi) is 4.66. The monoisotopic (exact) mass is 301 g/mol. The molecule has 0 spiro atoms. The minimum absolute atomic E-state index is 0.646. The van der Waals surface area contributed by atoms with Gasteiger partial charge >= 0.3 is 0 Å². The third-order valence-corrected chi connectivity index (χ3v) is 5.28. The molecule has 3 rings (SSSR count). The highest BCUT2D eigenvalue weighted by atomic mass is 32.2. The zero-order valence-electron chi connectivity index (χ0n) is 12.8. The Hall–Kier alpha value is -1.26. The van der Waals surface area contributed by atoms with Gasteiger partial charge in [-0.2, -0.15) is 11.8 Å². The van der Waals surface area contributed by atoms with E-state index in [2.05, 4.69) is 66.3 Å². The summed E-state index contributed by atoms with van der Waals surface area (Å²) in [5.74, 6) is 2.51. The van der Waals surface area contributed by atoms with Crippen LogP contribution in [0.3, 0.4) is 0 Å². The quantitative estimate of drug-likeness (QED) is 0.917. The average Bonchev–Trinajstić information content (AvgIpc) is 3.05. The number of thioether (sulfide) groups is 1. The fraction of sp³-hybridized carbons (Fsp3) is 0.471. The number of rotatable bonds is 5. The van der Waals surface area contributed by atoms with Crippen LogP contribution in [0.5, 0.6) is 0 Å². The van der Waals surface area contributed by atoms with E-state index in [1.165, 1.54) is 29.0 Å². The van der Waals surface area contributed by atoms with Gasteiger partial charge in [0.1, 0.15) is 0 Å². The number of nitrogens with zero attached hydrogens (tertiary/aromatic N) is 2. The molecule has 0 saturated carbocycles. The second kappa shape index (κ2) is 6.67. The summed E-state index contributed by atoms with van der Waals surface area (Å²) in [6.45, 7) is 3.93. The van der Waals surface area contributed by atoms with Gasteiger partial charge in [0.05, 0.1) is 11.2 Å². The van der Waals surface area contributed by atoms with Crippen molar-refractivity contribution in [1.82, 2.24) is 10.3 Å². The summed E-state index contributed by atoms with van der Waals surface area (Å²) >= 11 is 2.06. The van der Waals surface area contributed by atoms with E-state index in [-0.39, 0.29) is 0 Å². The molecule has 2 aromatic rings. The van der Waals surface area contributed by atoms with Crippen molar-refractivity contribution in [3.8, 4) is 0 Å². The summed E-state index contributed by atoms with van der Waals surface area (Å²) in [4.78, 5) is 7.25. The van der Waals surface area contributed by atoms with E-state index in [4.69, 9.17) is 4.98 Å². The third-order valence-electron chi connectivity index (χ3n) is 4.14. The van der Waals surface area contributed by atoms with E-state index in [0.29, 0.717) is 6.04 Å². The second-order valence-corrected chi connectivity index (χ2v) is 6.71. The maximum absolute atomic E-state index is 4.79. The van der Waals surface area contributed by atoms with Crippen LogP contribution in [0.2, 0.25) is 0 Å². The van der Waals surface area contributed by atoms with Crippen LogP contribution in [0.4, 0.5) is 5.69 Å². The molecule has 21 heavy (non-hydrogen) atoms. The van der Waals surface area contributed by atoms with Crippen LogP contribution in [0.1, 0.15) is 19.0 Å². The Morgan fingerprint density at radius 1 is 1.38 bits per heavy atom.